The Bertz CT molecular complexity index is 266. The van der Waals surface area contributed by atoms with Gasteiger partial charge < -0.3 is 20.4 Å². The van der Waals surface area contributed by atoms with Crippen LogP contribution in [0.2, 0.25) is 0 Å². The van der Waals surface area contributed by atoms with Crippen LogP contribution in [0.15, 0.2) is 0 Å². The van der Waals surface area contributed by atoms with Crippen molar-refractivity contribution in [2.45, 2.75) is 31.7 Å². The third-order valence-corrected chi connectivity index (χ3v) is 3.97. The number of nitrogens with zero attached hydrogens (tertiary/aromatic N) is 2. The van der Waals surface area contributed by atoms with Gasteiger partial charge in [-0.2, -0.15) is 0 Å². The summed E-state index contributed by atoms with van der Waals surface area (Å²) < 4.78 is 0. The Labute approximate surface area is 110 Å². The van der Waals surface area contributed by atoms with Crippen LogP contribution in [0.1, 0.15) is 25.7 Å². The lowest BCUT2D eigenvalue weighted by Crippen LogP contribution is -2.39. The van der Waals surface area contributed by atoms with E-state index in [0.717, 1.165) is 32.7 Å². The summed E-state index contributed by atoms with van der Waals surface area (Å²) in [4.78, 5) is 15.6. The third kappa shape index (κ3) is 4.14. The summed E-state index contributed by atoms with van der Waals surface area (Å²) in [7, 11) is 2.15. The topological polar surface area (TPSA) is 47.6 Å². The molecule has 2 rings (SSSR count). The van der Waals surface area contributed by atoms with Crippen molar-refractivity contribution >= 4 is 6.03 Å². The molecule has 0 aromatic carbocycles. The molecule has 5 heteroatoms. The number of hydrogen-bond acceptors (Lipinski definition) is 3. The average molecular weight is 254 g/mol. The van der Waals surface area contributed by atoms with Crippen LogP contribution in [0.3, 0.4) is 0 Å². The van der Waals surface area contributed by atoms with Crippen molar-refractivity contribution in [2.24, 2.45) is 0 Å². The van der Waals surface area contributed by atoms with Crippen molar-refractivity contribution in [3.05, 3.63) is 0 Å². The molecular weight excluding hydrogens is 228 g/mol. The summed E-state index contributed by atoms with van der Waals surface area (Å²) in [6.45, 7) is 5.78. The van der Waals surface area contributed by atoms with E-state index in [9.17, 15) is 4.79 Å². The van der Waals surface area contributed by atoms with Gasteiger partial charge in [-0.3, -0.25) is 0 Å². The van der Waals surface area contributed by atoms with Crippen LogP contribution in [0.4, 0.5) is 4.79 Å². The number of hydrogen-bond donors (Lipinski definition) is 2. The fourth-order valence-corrected chi connectivity index (χ4v) is 2.67. The summed E-state index contributed by atoms with van der Waals surface area (Å²) in [5.41, 5.74) is 0. The van der Waals surface area contributed by atoms with Gasteiger partial charge in [0.2, 0.25) is 0 Å². The van der Waals surface area contributed by atoms with Gasteiger partial charge in [-0.05, 0) is 39.4 Å². The Morgan fingerprint density at radius 1 is 1.33 bits per heavy atom. The van der Waals surface area contributed by atoms with Gasteiger partial charge in [-0.15, -0.1) is 0 Å². The van der Waals surface area contributed by atoms with Crippen molar-refractivity contribution in [3.63, 3.8) is 0 Å². The molecule has 2 heterocycles. The smallest absolute Gasteiger partial charge is 0.317 e. The number of carbonyl (C=O) groups excluding carboxylic acids is 1. The van der Waals surface area contributed by atoms with Gasteiger partial charge in [0.25, 0.3) is 0 Å². The zero-order valence-corrected chi connectivity index (χ0v) is 11.5. The van der Waals surface area contributed by atoms with Crippen molar-refractivity contribution < 1.29 is 4.79 Å². The molecule has 0 saturated carbocycles. The molecule has 1 atom stereocenters. The van der Waals surface area contributed by atoms with Gasteiger partial charge in [0.1, 0.15) is 0 Å². The molecule has 0 aromatic heterocycles. The molecule has 2 aliphatic heterocycles. The van der Waals surface area contributed by atoms with Crippen LogP contribution in [0.5, 0.6) is 0 Å². The van der Waals surface area contributed by atoms with Gasteiger partial charge in [0.15, 0.2) is 0 Å². The first-order valence-corrected chi connectivity index (χ1v) is 7.20. The largest absolute Gasteiger partial charge is 0.336 e. The molecule has 18 heavy (non-hydrogen) atoms. The Morgan fingerprint density at radius 3 is 2.89 bits per heavy atom. The molecule has 104 valence electrons. The summed E-state index contributed by atoms with van der Waals surface area (Å²) in [6, 6.07) is 0.800. The summed E-state index contributed by atoms with van der Waals surface area (Å²) in [5, 5.41) is 6.41. The number of carbonyl (C=O) groups is 1. The number of nitrogens with one attached hydrogen (secondary N) is 2. The van der Waals surface area contributed by atoms with Crippen LogP contribution >= 0.6 is 0 Å². The second kappa shape index (κ2) is 6.95. The van der Waals surface area contributed by atoms with E-state index in [4.69, 9.17) is 0 Å². The number of amides is 2. The lowest BCUT2D eigenvalue weighted by Gasteiger charge is -2.26. The maximum Gasteiger partial charge on any atom is 0.317 e. The molecule has 0 aromatic rings. The van der Waals surface area contributed by atoms with E-state index in [0.29, 0.717) is 6.04 Å². The normalized spacial score (nSPS) is 24.7. The van der Waals surface area contributed by atoms with Crippen LogP contribution < -0.4 is 10.6 Å². The molecule has 2 aliphatic rings. The minimum Gasteiger partial charge on any atom is -0.336 e. The Hall–Kier alpha value is -0.810. The average Bonchev–Trinajstić information content (AvgIpc) is 2.81. The van der Waals surface area contributed by atoms with Crippen LogP contribution in [0.25, 0.3) is 0 Å². The number of urea groups is 1. The number of rotatable bonds is 6. The molecule has 2 saturated heterocycles. The highest BCUT2D eigenvalue weighted by Gasteiger charge is 2.19. The molecule has 5 nitrogen and oxygen atoms in total. The van der Waals surface area contributed by atoms with Crippen LogP contribution in [0, 0.1) is 0 Å². The molecule has 0 radical (unpaired) electrons. The zero-order chi connectivity index (χ0) is 12.8. The first-order chi connectivity index (χ1) is 8.75. The Kier molecular flexibility index (Phi) is 5.26. The second-order valence-electron chi connectivity index (χ2n) is 5.46. The summed E-state index contributed by atoms with van der Waals surface area (Å²) in [5.74, 6) is 0. The van der Waals surface area contributed by atoms with Gasteiger partial charge >= 0.3 is 6.03 Å². The molecule has 2 amide bonds. The maximum atomic E-state index is 11.4. The van der Waals surface area contributed by atoms with Crippen molar-refractivity contribution in [1.29, 1.82) is 0 Å². The highest BCUT2D eigenvalue weighted by Crippen LogP contribution is 2.10. The summed E-state index contributed by atoms with van der Waals surface area (Å²) >= 11 is 0. The lowest BCUT2D eigenvalue weighted by molar-refractivity contribution is 0.206. The predicted molar refractivity (Wildman–Crippen MR) is 72.7 cm³/mol. The van der Waals surface area contributed by atoms with E-state index >= 15 is 0 Å². The van der Waals surface area contributed by atoms with Crippen molar-refractivity contribution in [3.8, 4) is 0 Å². The quantitative estimate of drug-likeness (QED) is 0.724. The molecule has 0 spiro atoms. The second-order valence-corrected chi connectivity index (χ2v) is 5.46. The van der Waals surface area contributed by atoms with Gasteiger partial charge in [-0.1, -0.05) is 6.42 Å². The summed E-state index contributed by atoms with van der Waals surface area (Å²) in [6.07, 6.45) is 5.25. The van der Waals surface area contributed by atoms with Gasteiger partial charge in [0.05, 0.1) is 0 Å². The monoisotopic (exact) mass is 254 g/mol. The first kappa shape index (κ1) is 13.6. The molecule has 0 bridgehead atoms. The molecule has 0 aliphatic carbocycles. The molecule has 2 fully saturated rings. The molecule has 1 unspecified atom stereocenters. The third-order valence-electron chi connectivity index (χ3n) is 3.97. The van der Waals surface area contributed by atoms with E-state index < -0.39 is 0 Å². The van der Waals surface area contributed by atoms with Crippen LogP contribution in [-0.2, 0) is 0 Å². The van der Waals surface area contributed by atoms with Crippen molar-refractivity contribution in [1.82, 2.24) is 20.4 Å². The fourth-order valence-electron chi connectivity index (χ4n) is 2.67. The Balaban J connectivity index is 1.56. The van der Waals surface area contributed by atoms with Gasteiger partial charge in [0, 0.05) is 32.2 Å². The molecular formula is C13H26N4O. The molecule has 2 N–H and O–H groups in total. The maximum absolute atomic E-state index is 11.4. The minimum absolute atomic E-state index is 0.0948. The number of piperidine rings is 1. The highest BCUT2D eigenvalue weighted by molar-refractivity contribution is 5.76. The minimum atomic E-state index is 0.0948. The lowest BCUT2D eigenvalue weighted by atomic mass is 10.0. The first-order valence-electron chi connectivity index (χ1n) is 7.20. The highest BCUT2D eigenvalue weighted by atomic mass is 16.2. The van der Waals surface area contributed by atoms with Gasteiger partial charge in [-0.25, -0.2) is 4.79 Å². The van der Waals surface area contributed by atoms with E-state index in [1.807, 2.05) is 4.90 Å². The van der Waals surface area contributed by atoms with Crippen LogP contribution in [-0.4, -0.2) is 68.2 Å². The Morgan fingerprint density at radius 2 is 2.22 bits per heavy atom. The van der Waals surface area contributed by atoms with E-state index in [-0.39, 0.29) is 6.03 Å². The van der Waals surface area contributed by atoms with Crippen molar-refractivity contribution in [2.75, 3.05) is 46.3 Å². The predicted octanol–water partition coefficient (Wildman–Crippen LogP) is 0.476. The SMILES string of the molecule is CN(CCC1CCCCN1)CCN1CCNC1=O. The zero-order valence-electron chi connectivity index (χ0n) is 11.5. The standard InChI is InChI=1S/C13H26N4O/c1-16(8-5-12-4-2-3-6-14-12)10-11-17-9-7-15-13(17)18/h12,14H,2-11H2,1H3,(H,15,18). The fraction of sp³-hybridized carbons (Fsp3) is 0.923. The van der Waals surface area contributed by atoms with E-state index in [1.165, 1.54) is 32.2 Å². The van der Waals surface area contributed by atoms with E-state index in [1.54, 1.807) is 0 Å². The number of likely N-dealkylation sites (N-methyl/N-ethyl adjacent to an activating group) is 1. The van der Waals surface area contributed by atoms with E-state index in [2.05, 4.69) is 22.6 Å².